The molecule has 5 nitrogen and oxygen atoms in total. The number of Topliss-reactive ketones (excluding diaryl/α,β-unsaturated/α-hetero) is 1. The number of carbonyl (C=O) groups excluding carboxylic acids is 2. The maximum atomic E-state index is 12.4. The lowest BCUT2D eigenvalue weighted by Gasteiger charge is -2.14. The van der Waals surface area contributed by atoms with Crippen LogP contribution in [0.2, 0.25) is 0 Å². The van der Waals surface area contributed by atoms with Crippen LogP contribution in [0, 0.1) is 5.92 Å². The fraction of sp³-hybridized carbons (Fsp3) is 0.606. The van der Waals surface area contributed by atoms with Crippen molar-refractivity contribution in [2.45, 2.75) is 116 Å². The number of carbonyl (C=O) groups is 2. The largest absolute Gasteiger partial charge is 0.468 e. The molecule has 0 aliphatic carbocycles. The van der Waals surface area contributed by atoms with Gasteiger partial charge in [0.2, 0.25) is 0 Å². The summed E-state index contributed by atoms with van der Waals surface area (Å²) in [6.45, 7) is 26.6. The standard InChI is InChI=1S/C24H39NO.C4H8.C3H7NO2.C2H6/c1-10-13-17(4)15-16-23(19(6)14-11-2)24(22(9)26)25-21(8)20(7)18(5)12-3;1-3-4-2;1-6-3(5)2-4;1-2/h14-16,18H,10-13H2,1-9H3;3-4H,1-2H3;2,4H2,1H3;1-2H3/b17-15-,19-14-,21-20-,23-16+,25-24-;4-3-;;/t18-;;;/m1.../s1. The molecule has 38 heavy (non-hydrogen) atoms. The van der Waals surface area contributed by atoms with E-state index in [9.17, 15) is 9.59 Å². The molecule has 0 amide bonds. The molecule has 0 rings (SSSR count). The molecule has 0 unspecified atom stereocenters. The van der Waals surface area contributed by atoms with Crippen LogP contribution in [0.25, 0.3) is 0 Å². The van der Waals surface area contributed by atoms with E-state index in [2.05, 4.69) is 71.4 Å². The Morgan fingerprint density at radius 3 is 1.79 bits per heavy atom. The molecule has 220 valence electrons. The highest BCUT2D eigenvalue weighted by Crippen LogP contribution is 2.21. The van der Waals surface area contributed by atoms with Crippen molar-refractivity contribution in [3.8, 4) is 0 Å². The Balaban J connectivity index is -0.000000400. The molecular weight excluding hydrogens is 472 g/mol. The zero-order valence-electron chi connectivity index (χ0n) is 27.2. The number of ether oxygens (including phenoxy) is 1. The summed E-state index contributed by atoms with van der Waals surface area (Å²) >= 11 is 0. The number of hydrogen-bond acceptors (Lipinski definition) is 5. The van der Waals surface area contributed by atoms with E-state index in [4.69, 9.17) is 10.7 Å². The molecule has 0 heterocycles. The molecule has 2 N–H and O–H groups in total. The van der Waals surface area contributed by atoms with Gasteiger partial charge in [-0.1, -0.05) is 83.9 Å². The van der Waals surface area contributed by atoms with Gasteiger partial charge in [-0.2, -0.15) is 0 Å². The number of ketones is 1. The second-order valence-electron chi connectivity index (χ2n) is 8.68. The van der Waals surface area contributed by atoms with E-state index in [0.717, 1.165) is 42.5 Å². The van der Waals surface area contributed by atoms with Gasteiger partial charge in [-0.3, -0.25) is 9.59 Å². The lowest BCUT2D eigenvalue weighted by Crippen LogP contribution is -2.15. The molecule has 0 aromatic carbocycles. The van der Waals surface area contributed by atoms with Crippen LogP contribution in [0.1, 0.15) is 116 Å². The van der Waals surface area contributed by atoms with Gasteiger partial charge in [0, 0.05) is 18.2 Å². The van der Waals surface area contributed by atoms with Crippen LogP contribution in [-0.4, -0.2) is 31.1 Å². The molecule has 0 bridgehead atoms. The minimum absolute atomic E-state index is 0.0120. The van der Waals surface area contributed by atoms with Crippen molar-refractivity contribution >= 4 is 17.5 Å². The molecule has 0 saturated heterocycles. The first-order valence-corrected chi connectivity index (χ1v) is 14.1. The van der Waals surface area contributed by atoms with E-state index in [1.165, 1.54) is 18.3 Å². The number of rotatable bonds is 11. The minimum Gasteiger partial charge on any atom is -0.468 e. The lowest BCUT2D eigenvalue weighted by atomic mass is 9.96. The Morgan fingerprint density at radius 1 is 0.947 bits per heavy atom. The first kappa shape index (κ1) is 42.6. The Labute approximate surface area is 236 Å². The van der Waals surface area contributed by atoms with Gasteiger partial charge in [0.25, 0.3) is 0 Å². The van der Waals surface area contributed by atoms with Gasteiger partial charge >= 0.3 is 5.97 Å². The van der Waals surface area contributed by atoms with Crippen molar-refractivity contribution in [1.82, 2.24) is 0 Å². The fourth-order valence-corrected chi connectivity index (χ4v) is 2.85. The highest BCUT2D eigenvalue weighted by atomic mass is 16.5. The number of esters is 1. The van der Waals surface area contributed by atoms with Crippen molar-refractivity contribution in [2.75, 3.05) is 13.7 Å². The summed E-state index contributed by atoms with van der Waals surface area (Å²) in [6.07, 6.45) is 14.6. The third kappa shape index (κ3) is 22.7. The zero-order chi connectivity index (χ0) is 30.7. The molecule has 0 fully saturated rings. The first-order valence-electron chi connectivity index (χ1n) is 14.1. The van der Waals surface area contributed by atoms with E-state index in [1.807, 2.05) is 46.8 Å². The van der Waals surface area contributed by atoms with Crippen LogP contribution >= 0.6 is 0 Å². The molecular formula is C33H60N2O3. The van der Waals surface area contributed by atoms with Crippen LogP contribution < -0.4 is 5.73 Å². The van der Waals surface area contributed by atoms with Crippen molar-refractivity contribution in [1.29, 1.82) is 0 Å². The van der Waals surface area contributed by atoms with Crippen molar-refractivity contribution < 1.29 is 14.3 Å². The fourth-order valence-electron chi connectivity index (χ4n) is 2.85. The van der Waals surface area contributed by atoms with Crippen LogP contribution in [-0.2, 0) is 14.3 Å². The smallest absolute Gasteiger partial charge is 0.319 e. The van der Waals surface area contributed by atoms with E-state index in [1.54, 1.807) is 6.92 Å². The topological polar surface area (TPSA) is 81.8 Å². The van der Waals surface area contributed by atoms with Crippen molar-refractivity contribution in [3.63, 3.8) is 0 Å². The molecule has 1 atom stereocenters. The Morgan fingerprint density at radius 2 is 1.47 bits per heavy atom. The average molecular weight is 533 g/mol. The number of methoxy groups -OCH3 is 1. The van der Waals surface area contributed by atoms with E-state index in [0.29, 0.717) is 11.6 Å². The number of aliphatic imine (C=N–C) groups is 1. The summed E-state index contributed by atoms with van der Waals surface area (Å²) in [5, 5.41) is 0. The monoisotopic (exact) mass is 532 g/mol. The average Bonchev–Trinajstić information content (AvgIpc) is 2.92. The third-order valence-electron chi connectivity index (χ3n) is 5.63. The highest BCUT2D eigenvalue weighted by molar-refractivity contribution is 6.46. The van der Waals surface area contributed by atoms with Crippen molar-refractivity contribution in [2.24, 2.45) is 16.6 Å². The Kier molecular flexibility index (Phi) is 32.5. The summed E-state index contributed by atoms with van der Waals surface area (Å²) in [6, 6.07) is 0. The number of nitrogens with zero attached hydrogens (tertiary/aromatic N) is 1. The molecule has 0 spiro atoms. The molecule has 0 radical (unpaired) electrons. The molecule has 0 aromatic heterocycles. The van der Waals surface area contributed by atoms with Crippen LogP contribution in [0.15, 0.2) is 63.4 Å². The maximum absolute atomic E-state index is 12.4. The van der Waals surface area contributed by atoms with Gasteiger partial charge in [-0.25, -0.2) is 4.99 Å². The summed E-state index contributed by atoms with van der Waals surface area (Å²) in [5.41, 5.74) is 10.9. The van der Waals surface area contributed by atoms with Gasteiger partial charge in [0.15, 0.2) is 5.78 Å². The van der Waals surface area contributed by atoms with E-state index >= 15 is 0 Å². The lowest BCUT2D eigenvalue weighted by molar-refractivity contribution is -0.138. The second kappa shape index (κ2) is 29.0. The van der Waals surface area contributed by atoms with E-state index < -0.39 is 0 Å². The molecule has 0 aliphatic heterocycles. The first-order chi connectivity index (χ1) is 17.9. The van der Waals surface area contributed by atoms with Crippen molar-refractivity contribution in [3.05, 3.63) is 58.4 Å². The summed E-state index contributed by atoms with van der Waals surface area (Å²) < 4.78 is 4.14. The minimum atomic E-state index is -0.380. The van der Waals surface area contributed by atoms with E-state index in [-0.39, 0.29) is 18.3 Å². The van der Waals surface area contributed by atoms with Crippen LogP contribution in [0.3, 0.4) is 0 Å². The third-order valence-corrected chi connectivity index (χ3v) is 5.63. The zero-order valence-corrected chi connectivity index (χ0v) is 27.2. The number of allylic oxidation sites excluding steroid dienone is 10. The van der Waals surface area contributed by atoms with Gasteiger partial charge in [0.05, 0.1) is 13.7 Å². The second-order valence-corrected chi connectivity index (χ2v) is 8.68. The summed E-state index contributed by atoms with van der Waals surface area (Å²) in [5.74, 6) is 0.103. The Hall–Kier alpha value is -2.53. The molecule has 5 heteroatoms. The van der Waals surface area contributed by atoms with Gasteiger partial charge < -0.3 is 10.5 Å². The number of hydrogen-bond donors (Lipinski definition) is 1. The summed E-state index contributed by atoms with van der Waals surface area (Å²) in [7, 11) is 1.30. The van der Waals surface area contributed by atoms with Gasteiger partial charge in [-0.15, -0.1) is 0 Å². The molecule has 0 aliphatic rings. The van der Waals surface area contributed by atoms with Gasteiger partial charge in [0.1, 0.15) is 5.71 Å². The Bertz CT molecular complexity index is 815. The van der Waals surface area contributed by atoms with Gasteiger partial charge in [-0.05, 0) is 77.9 Å². The number of nitrogens with two attached hydrogens (primary N) is 1. The summed E-state index contributed by atoms with van der Waals surface area (Å²) in [4.78, 5) is 27.0. The predicted octanol–water partition coefficient (Wildman–Crippen LogP) is 9.11. The predicted molar refractivity (Wildman–Crippen MR) is 170 cm³/mol. The normalized spacial score (nSPS) is 13.7. The molecule has 0 aromatic rings. The highest BCUT2D eigenvalue weighted by Gasteiger charge is 2.15. The molecule has 0 saturated carbocycles. The SMILES string of the molecule is C/C=C\C.CC.CC\C=C(C)/C(=C\C=C(\C)CCC)C(=N\C(C)=C(\C)[C@H](C)CC)/C(C)=O.COC(=O)CN. The van der Waals surface area contributed by atoms with Crippen LogP contribution in [0.5, 0.6) is 0 Å². The van der Waals surface area contributed by atoms with Crippen LogP contribution in [0.4, 0.5) is 0 Å². The quantitative estimate of drug-likeness (QED) is 0.124. The maximum Gasteiger partial charge on any atom is 0.319 e.